The van der Waals surface area contributed by atoms with E-state index < -0.39 is 0 Å². The minimum absolute atomic E-state index is 0.809. The maximum absolute atomic E-state index is 5.89. The maximum atomic E-state index is 5.89. The van der Waals surface area contributed by atoms with Crippen molar-refractivity contribution in [3.05, 3.63) is 56.6 Å². The third kappa shape index (κ3) is 3.01. The molecule has 1 radical (unpaired) electrons. The van der Waals surface area contributed by atoms with Gasteiger partial charge in [0.15, 0.2) is 0 Å². The zero-order valence-corrected chi connectivity index (χ0v) is 11.8. The molecule has 0 amide bonds. The molecule has 0 spiro atoms. The lowest BCUT2D eigenvalue weighted by Gasteiger charge is -2.15. The number of anilines is 1. The molecule has 0 fully saturated rings. The predicted molar refractivity (Wildman–Crippen MR) is 78.5 cm³/mol. The molecule has 1 aromatic rings. The lowest BCUT2D eigenvalue weighted by atomic mass is 10.1. The second kappa shape index (κ2) is 5.23. The van der Waals surface area contributed by atoms with E-state index in [0.29, 0.717) is 0 Å². The van der Waals surface area contributed by atoms with Gasteiger partial charge in [-0.15, -0.1) is 0 Å². The van der Waals surface area contributed by atoms with Gasteiger partial charge in [-0.1, -0.05) is 11.6 Å². The standard InChI is InChI=1S/C13H12ClIN/c1-9-8-11(15)4-7-13(9)16-12-5-2-10(14)3-6-12/h2,4-8,16H,3H2,1H3. The van der Waals surface area contributed by atoms with Crippen LogP contribution in [-0.2, 0) is 0 Å². The molecule has 0 aliphatic heterocycles. The third-order valence-electron chi connectivity index (χ3n) is 2.43. The van der Waals surface area contributed by atoms with Crippen LogP contribution in [0.25, 0.3) is 0 Å². The average molecular weight is 345 g/mol. The monoisotopic (exact) mass is 344 g/mol. The van der Waals surface area contributed by atoms with Gasteiger partial charge >= 0.3 is 0 Å². The molecule has 0 aromatic heterocycles. The van der Waals surface area contributed by atoms with Crippen LogP contribution in [0, 0.1) is 16.9 Å². The summed E-state index contributed by atoms with van der Waals surface area (Å²) in [5.74, 6) is 0. The van der Waals surface area contributed by atoms with Gasteiger partial charge in [-0.3, -0.25) is 0 Å². The first-order chi connectivity index (χ1) is 7.65. The molecule has 0 bridgehead atoms. The Labute approximate surface area is 115 Å². The molecule has 0 saturated carbocycles. The predicted octanol–water partition coefficient (Wildman–Crippen LogP) is 4.63. The van der Waals surface area contributed by atoms with Gasteiger partial charge in [-0.2, -0.15) is 0 Å². The highest BCUT2D eigenvalue weighted by Gasteiger charge is 2.06. The molecular formula is C13H12ClIN. The molecule has 1 nitrogen and oxygen atoms in total. The fourth-order valence-electron chi connectivity index (χ4n) is 1.54. The number of aryl methyl sites for hydroxylation is 1. The van der Waals surface area contributed by atoms with Gasteiger partial charge in [0.2, 0.25) is 0 Å². The Kier molecular flexibility index (Phi) is 3.92. The molecule has 0 heterocycles. The zero-order valence-electron chi connectivity index (χ0n) is 8.93. The van der Waals surface area contributed by atoms with Crippen LogP contribution in [0.15, 0.2) is 41.1 Å². The summed E-state index contributed by atoms with van der Waals surface area (Å²) in [6.45, 7) is 2.11. The normalized spacial score (nSPS) is 15.4. The molecule has 1 aromatic carbocycles. The van der Waals surface area contributed by atoms with Gasteiger partial charge in [0.25, 0.3) is 0 Å². The van der Waals surface area contributed by atoms with E-state index in [9.17, 15) is 0 Å². The van der Waals surface area contributed by atoms with Crippen LogP contribution in [0.1, 0.15) is 12.0 Å². The largest absolute Gasteiger partial charge is 0.358 e. The van der Waals surface area contributed by atoms with Crippen molar-refractivity contribution in [1.82, 2.24) is 0 Å². The van der Waals surface area contributed by atoms with Gasteiger partial charge in [0.05, 0.1) is 0 Å². The SMILES string of the molecule is Cc1cc(I)ccc1NC1=CC=C(Cl)C[CH]1. The van der Waals surface area contributed by atoms with E-state index in [1.807, 2.05) is 12.2 Å². The molecule has 0 atom stereocenters. The Morgan fingerprint density at radius 2 is 2.12 bits per heavy atom. The van der Waals surface area contributed by atoms with Gasteiger partial charge < -0.3 is 5.32 Å². The Balaban J connectivity index is 2.15. The van der Waals surface area contributed by atoms with Crippen molar-refractivity contribution in [2.45, 2.75) is 13.3 Å². The highest BCUT2D eigenvalue weighted by atomic mass is 127. The van der Waals surface area contributed by atoms with Crippen LogP contribution in [0.4, 0.5) is 5.69 Å². The van der Waals surface area contributed by atoms with Crippen molar-refractivity contribution in [1.29, 1.82) is 0 Å². The van der Waals surface area contributed by atoms with E-state index in [1.165, 1.54) is 9.13 Å². The fourth-order valence-corrected chi connectivity index (χ4v) is 2.33. The van der Waals surface area contributed by atoms with E-state index in [-0.39, 0.29) is 0 Å². The molecule has 2 rings (SSSR count). The van der Waals surface area contributed by atoms with Crippen molar-refractivity contribution in [3.8, 4) is 0 Å². The van der Waals surface area contributed by atoms with Crippen LogP contribution < -0.4 is 5.32 Å². The Hall–Kier alpha value is -0.480. The third-order valence-corrected chi connectivity index (χ3v) is 3.38. The van der Waals surface area contributed by atoms with Crippen LogP contribution >= 0.6 is 34.2 Å². The lowest BCUT2D eigenvalue weighted by Crippen LogP contribution is -2.04. The fraction of sp³-hybridized carbons (Fsp3) is 0.154. The summed E-state index contributed by atoms with van der Waals surface area (Å²) in [6.07, 6.45) is 6.85. The summed E-state index contributed by atoms with van der Waals surface area (Å²) in [7, 11) is 0. The minimum atomic E-state index is 0.809. The van der Waals surface area contributed by atoms with Crippen LogP contribution in [-0.4, -0.2) is 0 Å². The van der Waals surface area contributed by atoms with Crippen molar-refractivity contribution < 1.29 is 0 Å². The highest BCUT2D eigenvalue weighted by Crippen LogP contribution is 2.24. The molecule has 1 aliphatic rings. The summed E-state index contributed by atoms with van der Waals surface area (Å²) in [6, 6.07) is 6.36. The van der Waals surface area contributed by atoms with Gasteiger partial charge in [-0.05, 0) is 71.9 Å². The average Bonchev–Trinajstić information content (AvgIpc) is 2.25. The van der Waals surface area contributed by atoms with E-state index >= 15 is 0 Å². The highest BCUT2D eigenvalue weighted by molar-refractivity contribution is 14.1. The van der Waals surface area contributed by atoms with Crippen molar-refractivity contribution in [2.75, 3.05) is 5.32 Å². The number of allylic oxidation sites excluding steroid dienone is 4. The summed E-state index contributed by atoms with van der Waals surface area (Å²) in [5.41, 5.74) is 3.50. The summed E-state index contributed by atoms with van der Waals surface area (Å²) >= 11 is 8.21. The van der Waals surface area contributed by atoms with Crippen LogP contribution in [0.3, 0.4) is 0 Å². The molecule has 83 valence electrons. The van der Waals surface area contributed by atoms with E-state index in [1.54, 1.807) is 0 Å². The number of halogens is 2. The van der Waals surface area contributed by atoms with Crippen LogP contribution in [0.5, 0.6) is 0 Å². The number of benzene rings is 1. The molecule has 1 N–H and O–H groups in total. The molecule has 3 heteroatoms. The van der Waals surface area contributed by atoms with E-state index in [0.717, 1.165) is 22.8 Å². The van der Waals surface area contributed by atoms with Crippen molar-refractivity contribution in [2.24, 2.45) is 0 Å². The summed E-state index contributed by atoms with van der Waals surface area (Å²) in [5, 5.41) is 4.28. The molecule has 1 aliphatic carbocycles. The van der Waals surface area contributed by atoms with Gasteiger partial charge in [0.1, 0.15) is 0 Å². The topological polar surface area (TPSA) is 12.0 Å². The van der Waals surface area contributed by atoms with Crippen molar-refractivity contribution in [3.63, 3.8) is 0 Å². The number of nitrogens with one attached hydrogen (secondary N) is 1. The Morgan fingerprint density at radius 3 is 2.75 bits per heavy atom. The first-order valence-corrected chi connectivity index (χ1v) is 6.53. The minimum Gasteiger partial charge on any atom is -0.358 e. The maximum Gasteiger partial charge on any atom is 0.0412 e. The second-order valence-corrected chi connectivity index (χ2v) is 5.46. The Bertz CT molecular complexity index is 463. The number of hydrogen-bond acceptors (Lipinski definition) is 1. The van der Waals surface area contributed by atoms with Crippen molar-refractivity contribution >= 4 is 39.9 Å². The number of rotatable bonds is 2. The molecule has 0 unspecified atom stereocenters. The first kappa shape index (κ1) is 12.0. The van der Waals surface area contributed by atoms with Gasteiger partial charge in [0, 0.05) is 26.4 Å². The first-order valence-electron chi connectivity index (χ1n) is 5.08. The van der Waals surface area contributed by atoms with E-state index in [2.05, 4.69) is 59.5 Å². The quantitative estimate of drug-likeness (QED) is 0.772. The van der Waals surface area contributed by atoms with E-state index in [4.69, 9.17) is 11.6 Å². The second-order valence-electron chi connectivity index (χ2n) is 3.73. The van der Waals surface area contributed by atoms with Crippen LogP contribution in [0.2, 0.25) is 0 Å². The summed E-state index contributed by atoms with van der Waals surface area (Å²) < 4.78 is 1.25. The van der Waals surface area contributed by atoms with Gasteiger partial charge in [-0.25, -0.2) is 0 Å². The lowest BCUT2D eigenvalue weighted by molar-refractivity contribution is 1.16. The smallest absolute Gasteiger partial charge is 0.0412 e. The number of hydrogen-bond donors (Lipinski definition) is 1. The molecule has 16 heavy (non-hydrogen) atoms. The Morgan fingerprint density at radius 1 is 1.31 bits per heavy atom. The zero-order chi connectivity index (χ0) is 11.5. The molecule has 0 saturated heterocycles. The molecular weight excluding hydrogens is 333 g/mol. The summed E-state index contributed by atoms with van der Waals surface area (Å²) in [4.78, 5) is 0.